The van der Waals surface area contributed by atoms with Gasteiger partial charge in [0.15, 0.2) is 0 Å². The standard InChI is InChI=1S/C10H24Si.C9H22Si.2C8H20Si.2C7H18Si.2C6H16Si.C5H14Si.C4H12Si/c1-5-7-9-11(3,4)10-8-6-2;1-5-7-9-10(3,4)8-6-2;1-5-7-8-9(3,4)6-2;1-5-7-9(3,4)8-6-2;1-5-6-7-8(2,3)4;1-5-7-8(3,4)6-2;1-5-6-7(2,3)4;1-5-7(3,4)6-2;1-5-6(2,3)4;1-5(2,3)4/h5-10H2,1-4H3;5-9H2,1-4H3;2*5-8H2,1-4H3;2*5-7H2,1-4H3;2*5-6H2,1-4H3;5H2,1-4H3;1-4H3. The minimum absolute atomic E-state index is 0.611. The van der Waals surface area contributed by atoms with Crippen LogP contribution in [0.25, 0.3) is 0 Å². The van der Waals surface area contributed by atoms with Gasteiger partial charge in [-0.3, -0.25) is 0 Å². The summed E-state index contributed by atoms with van der Waals surface area (Å²) in [7, 11) is -6.78. The Morgan fingerprint density at radius 3 is 0.438 bits per heavy atom. The minimum atomic E-state index is -0.745. The summed E-state index contributed by atoms with van der Waals surface area (Å²) in [6, 6.07) is 22.4. The summed E-state index contributed by atoms with van der Waals surface area (Å²) in [5, 5.41) is 0. The highest BCUT2D eigenvalue weighted by Gasteiger charge is 2.20. The summed E-state index contributed by atoms with van der Waals surface area (Å²) in [5.74, 6) is 0. The Bertz CT molecular complexity index is 1120. The summed E-state index contributed by atoms with van der Waals surface area (Å²) >= 11 is 0. The molecule has 10 heteroatoms. The van der Waals surface area contributed by atoms with Gasteiger partial charge in [-0.25, -0.2) is 0 Å². The fourth-order valence-corrected chi connectivity index (χ4v) is 23.3. The molecule has 500 valence electrons. The van der Waals surface area contributed by atoms with Gasteiger partial charge in [0.25, 0.3) is 0 Å². The van der Waals surface area contributed by atoms with Gasteiger partial charge < -0.3 is 0 Å². The molecule has 0 aromatic rings. The molecule has 0 rings (SSSR count). The van der Waals surface area contributed by atoms with Crippen molar-refractivity contribution in [2.24, 2.45) is 0 Å². The van der Waals surface area contributed by atoms with Crippen LogP contribution in [0.5, 0.6) is 0 Å². The molecule has 0 heterocycles. The monoisotopic (exact) mass is 1300 g/mol. The zero-order valence-electron chi connectivity index (χ0n) is 66.2. The number of hydrogen-bond donors (Lipinski definition) is 0. The van der Waals surface area contributed by atoms with E-state index in [-0.39, 0.29) is 0 Å². The summed E-state index contributed by atoms with van der Waals surface area (Å²) in [6.45, 7) is 95.3. The fourth-order valence-electron chi connectivity index (χ4n) is 7.76. The van der Waals surface area contributed by atoms with Crippen molar-refractivity contribution in [3.63, 3.8) is 0 Å². The van der Waals surface area contributed by atoms with Crippen molar-refractivity contribution in [2.45, 2.75) is 455 Å². The Hall–Kier alpha value is 2.17. The van der Waals surface area contributed by atoms with E-state index < -0.39 is 80.7 Å². The molecular formula is C70H180Si10. The van der Waals surface area contributed by atoms with Crippen LogP contribution in [-0.2, 0) is 0 Å². The molecule has 0 aliphatic heterocycles. The van der Waals surface area contributed by atoms with Crippen LogP contribution < -0.4 is 0 Å². The Labute approximate surface area is 531 Å². The Kier molecular flexibility index (Phi) is 79.8. The molecule has 0 saturated carbocycles. The molecule has 0 aliphatic rings. The first kappa shape index (κ1) is 104. The van der Waals surface area contributed by atoms with Crippen LogP contribution in [0.15, 0.2) is 0 Å². The molecule has 0 aliphatic carbocycles. The first-order valence-electron chi connectivity index (χ1n) is 35.9. The van der Waals surface area contributed by atoms with Gasteiger partial charge in [0.1, 0.15) is 0 Å². The largest absolute Gasteiger partial charge is 0.0697 e. The lowest BCUT2D eigenvalue weighted by molar-refractivity contribution is 0.830. The quantitative estimate of drug-likeness (QED) is 0.0629. The van der Waals surface area contributed by atoms with E-state index in [4.69, 9.17) is 0 Å². The Morgan fingerprint density at radius 2 is 0.312 bits per heavy atom. The van der Waals surface area contributed by atoms with Crippen molar-refractivity contribution in [2.75, 3.05) is 0 Å². The first-order valence-corrected chi connectivity index (χ1v) is 71.5. The van der Waals surface area contributed by atoms with Gasteiger partial charge >= 0.3 is 0 Å². The number of rotatable bonds is 30. The number of hydrogen-bond acceptors (Lipinski definition) is 0. The van der Waals surface area contributed by atoms with Crippen LogP contribution in [0.1, 0.15) is 200 Å². The van der Waals surface area contributed by atoms with Crippen LogP contribution in [0.2, 0.25) is 254 Å². The Morgan fingerprint density at radius 1 is 0.150 bits per heavy atom. The van der Waals surface area contributed by atoms with Crippen LogP contribution in [0.3, 0.4) is 0 Å². The molecule has 0 aromatic heterocycles. The van der Waals surface area contributed by atoms with Crippen LogP contribution >= 0.6 is 0 Å². The summed E-state index contributed by atoms with van der Waals surface area (Å²) in [6.07, 6.45) is 21.1. The van der Waals surface area contributed by atoms with Gasteiger partial charge in [0.05, 0.1) is 0 Å². The second-order valence-corrected chi connectivity index (χ2v) is 90.6. The predicted molar refractivity (Wildman–Crippen MR) is 431 cm³/mol. The number of unbranched alkanes of at least 4 members (excludes halogenated alkanes) is 5. The second-order valence-electron chi connectivity index (χ2n) is 34.7. The SMILES string of the molecule is CCCC[Si](C)(C)C.CCCC[Si](C)(C)CC.CCCC[Si](C)(C)CCC.CCCC[Si](C)(C)CCCC.CCC[Si](C)(C)C.CCC[Si](C)(C)CC.CCC[Si](C)(C)CCC.CC[Si](C)(C)C.CC[Si](C)(C)CC.C[Si](C)(C)C. The van der Waals surface area contributed by atoms with Gasteiger partial charge in [0.2, 0.25) is 0 Å². The van der Waals surface area contributed by atoms with E-state index in [1.54, 1.807) is 12.1 Å². The van der Waals surface area contributed by atoms with Crippen molar-refractivity contribution in [3.8, 4) is 0 Å². The van der Waals surface area contributed by atoms with Crippen molar-refractivity contribution in [3.05, 3.63) is 0 Å². The molecule has 0 aromatic carbocycles. The maximum atomic E-state index is 2.54. The van der Waals surface area contributed by atoms with Gasteiger partial charge in [-0.1, -0.05) is 455 Å². The highest BCUT2D eigenvalue weighted by Crippen LogP contribution is 2.23. The normalized spacial score (nSPS) is 12.0. The molecule has 0 bridgehead atoms. The zero-order valence-corrected chi connectivity index (χ0v) is 76.2. The summed E-state index contributed by atoms with van der Waals surface area (Å²) < 4.78 is 0. The van der Waals surface area contributed by atoms with E-state index in [1.807, 2.05) is 0 Å². The van der Waals surface area contributed by atoms with E-state index in [1.165, 1.54) is 175 Å². The topological polar surface area (TPSA) is 0 Å². The van der Waals surface area contributed by atoms with E-state index in [0.29, 0.717) is 0 Å². The van der Waals surface area contributed by atoms with Gasteiger partial charge in [0, 0.05) is 80.7 Å². The predicted octanol–water partition coefficient (Wildman–Crippen LogP) is 31.2. The zero-order chi connectivity index (χ0) is 66.2. The third kappa shape index (κ3) is 130. The fraction of sp³-hybridized carbons (Fsp3) is 1.00. The van der Waals surface area contributed by atoms with E-state index in [0.717, 1.165) is 0 Å². The van der Waals surface area contributed by atoms with E-state index in [9.17, 15) is 0 Å². The molecule has 0 saturated heterocycles. The van der Waals surface area contributed by atoms with E-state index in [2.05, 4.69) is 268 Å². The molecule has 0 unspecified atom stereocenters. The molecule has 0 N–H and O–H groups in total. The summed E-state index contributed by atoms with van der Waals surface area (Å²) in [5.41, 5.74) is 0. The van der Waals surface area contributed by atoms with Gasteiger partial charge in [-0.05, 0) is 0 Å². The molecule has 0 nitrogen and oxygen atoms in total. The lowest BCUT2D eigenvalue weighted by Crippen LogP contribution is -2.24. The van der Waals surface area contributed by atoms with Crippen molar-refractivity contribution < 1.29 is 0 Å². The van der Waals surface area contributed by atoms with Crippen LogP contribution in [-0.4, -0.2) is 80.7 Å². The Balaban J connectivity index is -0.0000000856. The molecule has 0 amide bonds. The van der Waals surface area contributed by atoms with Crippen molar-refractivity contribution in [1.29, 1.82) is 0 Å². The van der Waals surface area contributed by atoms with Gasteiger partial charge in [-0.2, -0.15) is 0 Å². The van der Waals surface area contributed by atoms with Gasteiger partial charge in [-0.15, -0.1) is 0 Å². The lowest BCUT2D eigenvalue weighted by Gasteiger charge is -2.21. The molecule has 0 radical (unpaired) electrons. The molecule has 0 atom stereocenters. The van der Waals surface area contributed by atoms with Crippen LogP contribution in [0.4, 0.5) is 0 Å². The van der Waals surface area contributed by atoms with Crippen LogP contribution in [0, 0.1) is 0 Å². The summed E-state index contributed by atoms with van der Waals surface area (Å²) in [4.78, 5) is 0. The minimum Gasteiger partial charge on any atom is -0.0697 e. The van der Waals surface area contributed by atoms with Crippen molar-refractivity contribution in [1.82, 2.24) is 0 Å². The first-order chi connectivity index (χ1) is 35.9. The third-order valence-corrected chi connectivity index (χ3v) is 43.6. The smallest absolute Gasteiger partial charge is 0.0473 e. The van der Waals surface area contributed by atoms with Crippen molar-refractivity contribution >= 4 is 80.7 Å². The molecular weight excluding hydrogens is 1120 g/mol. The third-order valence-electron chi connectivity index (χ3n) is 15.7. The molecule has 0 spiro atoms. The molecule has 80 heavy (non-hydrogen) atoms. The second kappa shape index (κ2) is 61.4. The molecule has 0 fully saturated rings. The highest BCUT2D eigenvalue weighted by molar-refractivity contribution is 6.80. The lowest BCUT2D eigenvalue weighted by atomic mass is 10.4. The van der Waals surface area contributed by atoms with E-state index >= 15 is 0 Å². The maximum Gasteiger partial charge on any atom is 0.0473 e. The average Bonchev–Trinajstić information content (AvgIpc) is 3.31. The highest BCUT2D eigenvalue weighted by atomic mass is 28.3. The maximum absolute atomic E-state index is 2.54. The average molecular weight is 1300 g/mol.